The van der Waals surface area contributed by atoms with Crippen LogP contribution in [-0.2, 0) is 0 Å². The number of amidine groups is 1. The molecule has 0 unspecified atom stereocenters. The first-order chi connectivity index (χ1) is 5.60. The van der Waals surface area contributed by atoms with Crippen LogP contribution in [0.1, 0.15) is 41.5 Å². The van der Waals surface area contributed by atoms with Crippen LogP contribution in [0.3, 0.4) is 0 Å². The number of rotatable bonds is 2. The summed E-state index contributed by atoms with van der Waals surface area (Å²) in [5, 5.41) is 0. The normalized spacial score (nSPS) is 14.8. The van der Waals surface area contributed by atoms with Gasteiger partial charge in [0.25, 0.3) is 0 Å². The highest BCUT2D eigenvalue weighted by atomic mass is 32.2. The molecule has 0 saturated heterocycles. The van der Waals surface area contributed by atoms with Gasteiger partial charge < -0.3 is 5.73 Å². The average molecular weight is 202 g/mol. The Kier molecular flexibility index (Phi) is 4.30. The van der Waals surface area contributed by atoms with E-state index < -0.39 is 0 Å². The summed E-state index contributed by atoms with van der Waals surface area (Å²) in [4.78, 5) is 4.39. The first-order valence-corrected chi connectivity index (χ1v) is 5.57. The van der Waals surface area contributed by atoms with Crippen LogP contribution in [0, 0.1) is 0 Å². The summed E-state index contributed by atoms with van der Waals surface area (Å²) in [6.07, 6.45) is 0. The average Bonchev–Trinajstić information content (AvgIpc) is 1.78. The van der Waals surface area contributed by atoms with Crippen molar-refractivity contribution in [3.8, 4) is 0 Å². The molecule has 2 nitrogen and oxygen atoms in total. The van der Waals surface area contributed by atoms with Crippen LogP contribution in [0.2, 0.25) is 0 Å². The molecule has 0 radical (unpaired) electrons. The lowest BCUT2D eigenvalue weighted by Gasteiger charge is -2.19. The number of hydrogen-bond donors (Lipinski definition) is 1. The highest BCUT2D eigenvalue weighted by Gasteiger charge is 2.13. The predicted octanol–water partition coefficient (Wildman–Crippen LogP) is 2.67. The van der Waals surface area contributed by atoms with Crippen LogP contribution in [0.15, 0.2) is 4.99 Å². The summed E-state index contributed by atoms with van der Waals surface area (Å²) in [6, 6.07) is 0. The molecular formula is C10H22N2S. The van der Waals surface area contributed by atoms with Crippen molar-refractivity contribution in [1.29, 1.82) is 0 Å². The fraction of sp³-hybridized carbons (Fsp3) is 0.900. The molecule has 0 aliphatic rings. The molecule has 0 aromatic rings. The lowest BCUT2D eigenvalue weighted by Crippen LogP contribution is -2.24. The molecule has 0 aliphatic heterocycles. The Morgan fingerprint density at radius 2 is 1.62 bits per heavy atom. The molecule has 0 saturated carbocycles. The first-order valence-electron chi connectivity index (χ1n) is 4.58. The molecule has 0 spiro atoms. The number of thioether (sulfide) groups is 1. The molecule has 3 heteroatoms. The van der Waals surface area contributed by atoms with Crippen molar-refractivity contribution in [2.45, 2.75) is 51.8 Å². The largest absolute Gasteiger partial charge is 0.387 e. The molecule has 0 aliphatic carbocycles. The number of nitrogens with zero attached hydrogens (tertiary/aromatic N) is 1. The maximum Gasteiger partial charge on any atom is 0.104 e. The monoisotopic (exact) mass is 202 g/mol. The third-order valence-corrected chi connectivity index (χ3v) is 2.44. The third kappa shape index (κ3) is 9.74. The van der Waals surface area contributed by atoms with E-state index in [4.69, 9.17) is 5.73 Å². The van der Waals surface area contributed by atoms with E-state index in [1.165, 1.54) is 0 Å². The van der Waals surface area contributed by atoms with E-state index in [9.17, 15) is 0 Å². The fourth-order valence-corrected chi connectivity index (χ4v) is 1.40. The van der Waals surface area contributed by atoms with Gasteiger partial charge in [-0.3, -0.25) is 4.99 Å². The SMILES string of the molecule is CC(C)(C)N=C(N)CSC(C)(C)C. The van der Waals surface area contributed by atoms with E-state index in [-0.39, 0.29) is 10.3 Å². The van der Waals surface area contributed by atoms with Gasteiger partial charge in [-0.05, 0) is 20.8 Å². The van der Waals surface area contributed by atoms with Gasteiger partial charge in [-0.25, -0.2) is 0 Å². The summed E-state index contributed by atoms with van der Waals surface area (Å²) in [7, 11) is 0. The van der Waals surface area contributed by atoms with Crippen LogP contribution in [0.25, 0.3) is 0 Å². The van der Waals surface area contributed by atoms with Gasteiger partial charge in [-0.1, -0.05) is 20.8 Å². The maximum atomic E-state index is 5.80. The minimum Gasteiger partial charge on any atom is -0.387 e. The topological polar surface area (TPSA) is 38.4 Å². The molecule has 0 aromatic carbocycles. The molecule has 0 aromatic heterocycles. The van der Waals surface area contributed by atoms with Gasteiger partial charge in [-0.2, -0.15) is 0 Å². The Labute approximate surface area is 86.4 Å². The Morgan fingerprint density at radius 3 is 1.92 bits per heavy atom. The Bertz CT molecular complexity index is 184. The second-order valence-corrected chi connectivity index (χ2v) is 6.98. The van der Waals surface area contributed by atoms with Crippen molar-refractivity contribution in [1.82, 2.24) is 0 Å². The van der Waals surface area contributed by atoms with E-state index in [1.54, 1.807) is 0 Å². The predicted molar refractivity (Wildman–Crippen MR) is 63.6 cm³/mol. The van der Waals surface area contributed by atoms with Crippen LogP contribution in [0.5, 0.6) is 0 Å². The zero-order valence-corrected chi connectivity index (χ0v) is 10.5. The Morgan fingerprint density at radius 1 is 1.15 bits per heavy atom. The van der Waals surface area contributed by atoms with Gasteiger partial charge in [0.2, 0.25) is 0 Å². The number of nitrogens with two attached hydrogens (primary N) is 1. The van der Waals surface area contributed by atoms with Gasteiger partial charge in [0, 0.05) is 4.75 Å². The van der Waals surface area contributed by atoms with E-state index in [1.807, 2.05) is 11.8 Å². The quantitative estimate of drug-likeness (QED) is 0.552. The van der Waals surface area contributed by atoms with Crippen molar-refractivity contribution in [2.24, 2.45) is 10.7 Å². The standard InChI is InChI=1S/C10H22N2S/c1-9(2,3)12-8(11)7-13-10(4,5)6/h7H2,1-6H3,(H2,11,12). The molecule has 0 rings (SSSR count). The van der Waals surface area contributed by atoms with Gasteiger partial charge in [0.05, 0.1) is 11.3 Å². The molecule has 0 bridgehead atoms. The molecule has 0 amide bonds. The maximum absolute atomic E-state index is 5.80. The molecule has 78 valence electrons. The summed E-state index contributed by atoms with van der Waals surface area (Å²) in [5.74, 6) is 1.56. The molecular weight excluding hydrogens is 180 g/mol. The van der Waals surface area contributed by atoms with E-state index in [0.29, 0.717) is 0 Å². The zero-order chi connectivity index (χ0) is 10.7. The lowest BCUT2D eigenvalue weighted by atomic mass is 10.1. The number of hydrogen-bond acceptors (Lipinski definition) is 2. The van der Waals surface area contributed by atoms with Gasteiger partial charge >= 0.3 is 0 Å². The van der Waals surface area contributed by atoms with Crippen molar-refractivity contribution in [2.75, 3.05) is 5.75 Å². The summed E-state index contributed by atoms with van der Waals surface area (Å²) < 4.78 is 0.262. The van der Waals surface area contributed by atoms with Crippen molar-refractivity contribution in [3.05, 3.63) is 0 Å². The van der Waals surface area contributed by atoms with Gasteiger partial charge in [0.1, 0.15) is 5.84 Å². The summed E-state index contributed by atoms with van der Waals surface area (Å²) in [6.45, 7) is 12.7. The minimum absolute atomic E-state index is 0.0530. The third-order valence-electron chi connectivity index (χ3n) is 1.13. The summed E-state index contributed by atoms with van der Waals surface area (Å²) >= 11 is 1.83. The Balaban J connectivity index is 4.02. The van der Waals surface area contributed by atoms with Crippen molar-refractivity contribution < 1.29 is 0 Å². The molecule has 0 heterocycles. The highest BCUT2D eigenvalue weighted by Crippen LogP contribution is 2.22. The van der Waals surface area contributed by atoms with Crippen molar-refractivity contribution in [3.63, 3.8) is 0 Å². The lowest BCUT2D eigenvalue weighted by molar-refractivity contribution is 0.583. The molecule has 0 fully saturated rings. The van der Waals surface area contributed by atoms with E-state index in [2.05, 4.69) is 46.5 Å². The van der Waals surface area contributed by atoms with E-state index >= 15 is 0 Å². The second kappa shape index (κ2) is 4.36. The Hall–Kier alpha value is -0.180. The van der Waals surface area contributed by atoms with Crippen LogP contribution in [0.4, 0.5) is 0 Å². The molecule has 13 heavy (non-hydrogen) atoms. The van der Waals surface area contributed by atoms with Crippen LogP contribution < -0.4 is 5.73 Å². The minimum atomic E-state index is -0.0530. The van der Waals surface area contributed by atoms with Crippen LogP contribution >= 0.6 is 11.8 Å². The number of aliphatic imine (C=N–C) groups is 1. The fourth-order valence-electron chi connectivity index (χ4n) is 0.754. The van der Waals surface area contributed by atoms with E-state index in [0.717, 1.165) is 11.6 Å². The van der Waals surface area contributed by atoms with Gasteiger partial charge in [-0.15, -0.1) is 11.8 Å². The summed E-state index contributed by atoms with van der Waals surface area (Å²) in [5.41, 5.74) is 5.74. The first kappa shape index (κ1) is 12.8. The highest BCUT2D eigenvalue weighted by molar-refractivity contribution is 8.01. The molecule has 2 N–H and O–H groups in total. The van der Waals surface area contributed by atoms with Crippen LogP contribution in [-0.4, -0.2) is 21.9 Å². The van der Waals surface area contributed by atoms with Gasteiger partial charge in [0.15, 0.2) is 0 Å². The van der Waals surface area contributed by atoms with Crippen molar-refractivity contribution >= 4 is 17.6 Å². The second-order valence-electron chi connectivity index (χ2n) is 5.18. The molecule has 0 atom stereocenters. The smallest absolute Gasteiger partial charge is 0.104 e. The zero-order valence-electron chi connectivity index (χ0n) is 9.64.